The predicted molar refractivity (Wildman–Crippen MR) is 116 cm³/mol. The van der Waals surface area contributed by atoms with Gasteiger partial charge in [0.25, 0.3) is 5.91 Å². The summed E-state index contributed by atoms with van der Waals surface area (Å²) in [6.45, 7) is 2.27. The number of esters is 1. The van der Waals surface area contributed by atoms with Crippen molar-refractivity contribution in [1.29, 1.82) is 0 Å². The molecular formula is C24H26N2O5. The number of carbonyl (C=O) groups excluding carboxylic acids is 3. The second kappa shape index (κ2) is 10.4. The third-order valence-corrected chi connectivity index (χ3v) is 5.08. The van der Waals surface area contributed by atoms with Gasteiger partial charge in [-0.25, -0.2) is 4.79 Å². The van der Waals surface area contributed by atoms with Crippen LogP contribution in [0.1, 0.15) is 23.6 Å². The van der Waals surface area contributed by atoms with Crippen molar-refractivity contribution in [3.05, 3.63) is 71.3 Å². The maximum Gasteiger partial charge on any atom is 0.328 e. The summed E-state index contributed by atoms with van der Waals surface area (Å²) in [6, 6.07) is 14.3. The summed E-state index contributed by atoms with van der Waals surface area (Å²) in [5, 5.41) is 2.54. The second-order valence-electron chi connectivity index (χ2n) is 7.28. The fourth-order valence-electron chi connectivity index (χ4n) is 3.27. The minimum absolute atomic E-state index is 0.249. The largest absolute Gasteiger partial charge is 0.497 e. The van der Waals surface area contributed by atoms with Crippen LogP contribution in [0.25, 0.3) is 6.08 Å². The summed E-state index contributed by atoms with van der Waals surface area (Å²) in [4.78, 5) is 38.3. The summed E-state index contributed by atoms with van der Waals surface area (Å²) >= 11 is 0. The van der Waals surface area contributed by atoms with Crippen molar-refractivity contribution in [2.24, 2.45) is 0 Å². The first-order valence-electron chi connectivity index (χ1n) is 10.1. The fraction of sp³-hybridized carbons (Fsp3) is 0.292. The van der Waals surface area contributed by atoms with Gasteiger partial charge in [0.1, 0.15) is 11.8 Å². The molecule has 2 aromatic carbocycles. The standard InChI is InChI=1S/C24H26N2O5/c1-17(25-22(27)12-9-18-7-10-21(30-2)11-8-18)24(29)31-16-23(28)26-14-13-19-5-3-4-6-20(19)15-26/h3-12,17H,13-16H2,1-2H3,(H,25,27)/t17-/m0/s1. The van der Waals surface area contributed by atoms with Crippen molar-refractivity contribution in [2.45, 2.75) is 25.9 Å². The van der Waals surface area contributed by atoms with Crippen molar-refractivity contribution < 1.29 is 23.9 Å². The van der Waals surface area contributed by atoms with E-state index in [0.717, 1.165) is 23.3 Å². The first-order valence-corrected chi connectivity index (χ1v) is 10.1. The molecule has 3 rings (SSSR count). The minimum atomic E-state index is -0.872. The van der Waals surface area contributed by atoms with Gasteiger partial charge in [0.2, 0.25) is 5.91 Å². The van der Waals surface area contributed by atoms with Crippen LogP contribution < -0.4 is 10.1 Å². The SMILES string of the molecule is COc1ccc(C=CC(=O)N[C@@H](C)C(=O)OCC(=O)N2CCc3ccccc3C2)cc1. The lowest BCUT2D eigenvalue weighted by atomic mass is 10.00. The Hall–Kier alpha value is -3.61. The van der Waals surface area contributed by atoms with E-state index in [-0.39, 0.29) is 12.5 Å². The van der Waals surface area contributed by atoms with E-state index in [1.165, 1.54) is 18.6 Å². The number of nitrogens with one attached hydrogen (secondary N) is 1. The number of hydrogen-bond acceptors (Lipinski definition) is 5. The molecule has 2 amide bonds. The van der Waals surface area contributed by atoms with Crippen LogP contribution in [0.15, 0.2) is 54.6 Å². The van der Waals surface area contributed by atoms with E-state index >= 15 is 0 Å². The van der Waals surface area contributed by atoms with Crippen molar-refractivity contribution in [3.8, 4) is 5.75 Å². The van der Waals surface area contributed by atoms with E-state index in [0.29, 0.717) is 13.1 Å². The van der Waals surface area contributed by atoms with Crippen molar-refractivity contribution >= 4 is 23.9 Å². The molecule has 162 valence electrons. The zero-order valence-corrected chi connectivity index (χ0v) is 17.7. The first kappa shape index (κ1) is 22.1. The Morgan fingerprint density at radius 1 is 1.10 bits per heavy atom. The summed E-state index contributed by atoms with van der Waals surface area (Å²) < 4.78 is 10.2. The number of amides is 2. The third-order valence-electron chi connectivity index (χ3n) is 5.08. The van der Waals surface area contributed by atoms with Gasteiger partial charge in [0, 0.05) is 19.2 Å². The van der Waals surface area contributed by atoms with E-state index < -0.39 is 17.9 Å². The van der Waals surface area contributed by atoms with Crippen LogP contribution in [0.5, 0.6) is 5.75 Å². The molecule has 1 N–H and O–H groups in total. The molecule has 0 saturated carbocycles. The number of methoxy groups -OCH3 is 1. The van der Waals surface area contributed by atoms with Crippen LogP contribution in [-0.2, 0) is 32.1 Å². The van der Waals surface area contributed by atoms with Gasteiger partial charge in [0.15, 0.2) is 6.61 Å². The highest BCUT2D eigenvalue weighted by molar-refractivity contribution is 5.94. The van der Waals surface area contributed by atoms with Gasteiger partial charge in [-0.1, -0.05) is 36.4 Å². The number of fused-ring (bicyclic) bond motifs is 1. The third kappa shape index (κ3) is 6.18. The van der Waals surface area contributed by atoms with E-state index in [1.807, 2.05) is 30.3 Å². The van der Waals surface area contributed by atoms with Crippen LogP contribution in [-0.4, -0.2) is 49.0 Å². The molecule has 0 aromatic heterocycles. The van der Waals surface area contributed by atoms with Crippen LogP contribution in [0, 0.1) is 0 Å². The molecule has 0 saturated heterocycles. The Morgan fingerprint density at radius 3 is 2.52 bits per heavy atom. The molecule has 0 fully saturated rings. The van der Waals surface area contributed by atoms with Crippen molar-refractivity contribution in [3.63, 3.8) is 0 Å². The van der Waals surface area contributed by atoms with Gasteiger partial charge < -0.3 is 19.7 Å². The molecule has 7 nitrogen and oxygen atoms in total. The zero-order valence-electron chi connectivity index (χ0n) is 17.7. The normalized spacial score (nSPS) is 13.9. The molecule has 2 aromatic rings. The number of benzene rings is 2. The summed E-state index contributed by atoms with van der Waals surface area (Å²) in [5.41, 5.74) is 3.17. The Balaban J connectivity index is 1.43. The number of hydrogen-bond donors (Lipinski definition) is 1. The highest BCUT2D eigenvalue weighted by Crippen LogP contribution is 2.18. The lowest BCUT2D eigenvalue weighted by Crippen LogP contribution is -2.42. The zero-order chi connectivity index (χ0) is 22.2. The van der Waals surface area contributed by atoms with E-state index in [9.17, 15) is 14.4 Å². The lowest BCUT2D eigenvalue weighted by Gasteiger charge is -2.28. The van der Waals surface area contributed by atoms with Gasteiger partial charge in [-0.15, -0.1) is 0 Å². The van der Waals surface area contributed by atoms with Crippen LogP contribution in [0.4, 0.5) is 0 Å². The molecule has 0 radical (unpaired) electrons. The molecule has 1 atom stereocenters. The number of rotatable bonds is 7. The Kier molecular flexibility index (Phi) is 7.43. The van der Waals surface area contributed by atoms with Crippen LogP contribution in [0.2, 0.25) is 0 Å². The van der Waals surface area contributed by atoms with Crippen LogP contribution in [0.3, 0.4) is 0 Å². The van der Waals surface area contributed by atoms with E-state index in [4.69, 9.17) is 9.47 Å². The highest BCUT2D eigenvalue weighted by Gasteiger charge is 2.23. The molecule has 31 heavy (non-hydrogen) atoms. The molecule has 0 bridgehead atoms. The summed E-state index contributed by atoms with van der Waals surface area (Å²) in [7, 11) is 1.58. The average molecular weight is 422 g/mol. The van der Waals surface area contributed by atoms with Crippen LogP contribution >= 0.6 is 0 Å². The maximum atomic E-state index is 12.4. The minimum Gasteiger partial charge on any atom is -0.497 e. The smallest absolute Gasteiger partial charge is 0.328 e. The topological polar surface area (TPSA) is 84.9 Å². The molecular weight excluding hydrogens is 396 g/mol. The molecule has 0 aliphatic carbocycles. The van der Waals surface area contributed by atoms with Gasteiger partial charge in [-0.2, -0.15) is 0 Å². The molecule has 0 spiro atoms. The first-order chi connectivity index (χ1) is 15.0. The lowest BCUT2D eigenvalue weighted by molar-refractivity contribution is -0.154. The van der Waals surface area contributed by atoms with Crippen molar-refractivity contribution in [2.75, 3.05) is 20.3 Å². The number of ether oxygens (including phenoxy) is 2. The maximum absolute atomic E-state index is 12.4. The second-order valence-corrected chi connectivity index (χ2v) is 7.28. The highest BCUT2D eigenvalue weighted by atomic mass is 16.5. The number of nitrogens with zero attached hydrogens (tertiary/aromatic N) is 1. The van der Waals surface area contributed by atoms with Gasteiger partial charge in [-0.3, -0.25) is 9.59 Å². The molecule has 1 aliphatic heterocycles. The quantitative estimate of drug-likeness (QED) is 0.547. The van der Waals surface area contributed by atoms with Gasteiger partial charge >= 0.3 is 5.97 Å². The number of carbonyl (C=O) groups is 3. The predicted octanol–water partition coefficient (Wildman–Crippen LogP) is 2.34. The monoisotopic (exact) mass is 422 g/mol. The Morgan fingerprint density at radius 2 is 1.81 bits per heavy atom. The van der Waals surface area contributed by atoms with Gasteiger partial charge in [-0.05, 0) is 48.2 Å². The Bertz CT molecular complexity index is 968. The fourth-order valence-corrected chi connectivity index (χ4v) is 3.27. The van der Waals surface area contributed by atoms with E-state index in [1.54, 1.807) is 30.2 Å². The molecule has 7 heteroatoms. The summed E-state index contributed by atoms with van der Waals surface area (Å²) in [6.07, 6.45) is 3.75. The van der Waals surface area contributed by atoms with E-state index in [2.05, 4.69) is 11.4 Å². The van der Waals surface area contributed by atoms with Gasteiger partial charge in [0.05, 0.1) is 7.11 Å². The molecule has 1 heterocycles. The average Bonchev–Trinajstić information content (AvgIpc) is 2.80. The summed E-state index contributed by atoms with van der Waals surface area (Å²) in [5.74, 6) is -0.613. The molecule has 1 aliphatic rings. The Labute approximate surface area is 181 Å². The molecule has 0 unspecified atom stereocenters. The van der Waals surface area contributed by atoms with Crippen molar-refractivity contribution in [1.82, 2.24) is 10.2 Å².